The highest BCUT2D eigenvalue weighted by Gasteiger charge is 2.21. The van der Waals surface area contributed by atoms with Gasteiger partial charge in [-0.3, -0.25) is 4.90 Å². The molecule has 1 aliphatic carbocycles. The normalized spacial score (nSPS) is 15.8. The quantitative estimate of drug-likeness (QED) is 0.793. The zero-order chi connectivity index (χ0) is 14.2. The zero-order valence-electron chi connectivity index (χ0n) is 12.3. The predicted molar refractivity (Wildman–Crippen MR) is 79.4 cm³/mol. The lowest BCUT2D eigenvalue weighted by Crippen LogP contribution is -2.38. The van der Waals surface area contributed by atoms with E-state index in [1.807, 2.05) is 24.3 Å². The highest BCUT2D eigenvalue weighted by molar-refractivity contribution is 5.39. The van der Waals surface area contributed by atoms with Gasteiger partial charge >= 0.3 is 0 Å². The van der Waals surface area contributed by atoms with Gasteiger partial charge in [-0.15, -0.1) is 0 Å². The number of ether oxygens (including phenoxy) is 2. The van der Waals surface area contributed by atoms with E-state index in [2.05, 4.69) is 4.90 Å². The Hall–Kier alpha value is -1.26. The van der Waals surface area contributed by atoms with Crippen molar-refractivity contribution in [2.24, 2.45) is 0 Å². The third-order valence-electron chi connectivity index (χ3n) is 3.93. The maximum atomic E-state index is 9.19. The molecule has 0 atom stereocenters. The third kappa shape index (κ3) is 4.12. The van der Waals surface area contributed by atoms with Crippen LogP contribution in [-0.4, -0.2) is 49.5 Å². The van der Waals surface area contributed by atoms with E-state index in [9.17, 15) is 5.11 Å². The van der Waals surface area contributed by atoms with Crippen LogP contribution in [0.4, 0.5) is 0 Å². The van der Waals surface area contributed by atoms with E-state index in [4.69, 9.17) is 9.47 Å². The highest BCUT2D eigenvalue weighted by Crippen LogP contribution is 2.26. The van der Waals surface area contributed by atoms with E-state index in [1.165, 1.54) is 25.7 Å². The van der Waals surface area contributed by atoms with Crippen LogP contribution < -0.4 is 9.47 Å². The van der Waals surface area contributed by atoms with Crippen LogP contribution in [0.3, 0.4) is 0 Å². The van der Waals surface area contributed by atoms with E-state index < -0.39 is 0 Å². The van der Waals surface area contributed by atoms with Gasteiger partial charge in [-0.05, 0) is 25.0 Å². The molecule has 2 rings (SSSR count). The molecule has 0 aliphatic heterocycles. The standard InChI is InChI=1S/C16H25NO3/c1-19-15-8-4-5-9-16(15)20-13-11-17(10-12-18)14-6-2-3-7-14/h4-5,8-9,14,18H,2-3,6-7,10-13H2,1H3. The molecule has 0 bridgehead atoms. The van der Waals surface area contributed by atoms with Gasteiger partial charge in [0.25, 0.3) is 0 Å². The summed E-state index contributed by atoms with van der Waals surface area (Å²) in [5.41, 5.74) is 0. The van der Waals surface area contributed by atoms with Crippen molar-refractivity contribution in [2.45, 2.75) is 31.7 Å². The van der Waals surface area contributed by atoms with Crippen LogP contribution in [0.15, 0.2) is 24.3 Å². The Kier molecular flexibility index (Phi) is 6.15. The maximum Gasteiger partial charge on any atom is 0.161 e. The number of aliphatic hydroxyl groups is 1. The minimum atomic E-state index is 0.213. The molecule has 4 heteroatoms. The Morgan fingerprint density at radius 3 is 2.50 bits per heavy atom. The molecular formula is C16H25NO3. The van der Waals surface area contributed by atoms with Gasteiger partial charge in [-0.25, -0.2) is 0 Å². The van der Waals surface area contributed by atoms with Gasteiger partial charge in [0.1, 0.15) is 6.61 Å². The van der Waals surface area contributed by atoms with Crippen LogP contribution in [0, 0.1) is 0 Å². The van der Waals surface area contributed by atoms with Crippen molar-refractivity contribution >= 4 is 0 Å². The molecule has 1 N–H and O–H groups in total. The molecule has 0 unspecified atom stereocenters. The second-order valence-corrected chi connectivity index (χ2v) is 5.20. The van der Waals surface area contributed by atoms with Crippen molar-refractivity contribution in [3.8, 4) is 11.5 Å². The number of hydrogen-bond acceptors (Lipinski definition) is 4. The number of aliphatic hydroxyl groups excluding tert-OH is 1. The van der Waals surface area contributed by atoms with Gasteiger partial charge < -0.3 is 14.6 Å². The first-order valence-corrected chi connectivity index (χ1v) is 7.46. The summed E-state index contributed by atoms with van der Waals surface area (Å²) in [6.07, 6.45) is 5.10. The van der Waals surface area contributed by atoms with Crippen LogP contribution in [0.25, 0.3) is 0 Å². The average molecular weight is 279 g/mol. The molecule has 1 saturated carbocycles. The van der Waals surface area contributed by atoms with Crippen LogP contribution in [0.2, 0.25) is 0 Å². The molecule has 0 aromatic heterocycles. The Morgan fingerprint density at radius 2 is 1.85 bits per heavy atom. The zero-order valence-corrected chi connectivity index (χ0v) is 12.3. The molecule has 1 aliphatic rings. The SMILES string of the molecule is COc1ccccc1OCCN(CCO)C1CCCC1. The predicted octanol–water partition coefficient (Wildman–Crippen LogP) is 2.31. The number of benzene rings is 1. The van der Waals surface area contributed by atoms with Crippen molar-refractivity contribution in [3.63, 3.8) is 0 Å². The molecule has 1 aromatic rings. The molecular weight excluding hydrogens is 254 g/mol. The first kappa shape index (κ1) is 15.1. The van der Waals surface area contributed by atoms with Gasteiger partial charge in [-0.1, -0.05) is 25.0 Å². The smallest absolute Gasteiger partial charge is 0.161 e. The Morgan fingerprint density at radius 1 is 1.15 bits per heavy atom. The summed E-state index contributed by atoms with van der Waals surface area (Å²) in [6.45, 7) is 2.42. The Bertz CT molecular complexity index is 391. The number of nitrogens with zero attached hydrogens (tertiary/aromatic N) is 1. The minimum Gasteiger partial charge on any atom is -0.493 e. The van der Waals surface area contributed by atoms with Gasteiger partial charge in [0.2, 0.25) is 0 Å². The van der Waals surface area contributed by atoms with Crippen LogP contribution in [0.1, 0.15) is 25.7 Å². The largest absolute Gasteiger partial charge is 0.493 e. The summed E-state index contributed by atoms with van der Waals surface area (Å²) in [5.74, 6) is 1.55. The fourth-order valence-corrected chi connectivity index (χ4v) is 2.89. The number of para-hydroxylation sites is 2. The van der Waals surface area contributed by atoms with Crippen LogP contribution in [-0.2, 0) is 0 Å². The van der Waals surface area contributed by atoms with Crippen molar-refractivity contribution < 1.29 is 14.6 Å². The highest BCUT2D eigenvalue weighted by atomic mass is 16.5. The lowest BCUT2D eigenvalue weighted by molar-refractivity contribution is 0.128. The fourth-order valence-electron chi connectivity index (χ4n) is 2.89. The van der Waals surface area contributed by atoms with Crippen molar-refractivity contribution in [1.82, 2.24) is 4.90 Å². The van der Waals surface area contributed by atoms with Crippen LogP contribution in [0.5, 0.6) is 11.5 Å². The topological polar surface area (TPSA) is 41.9 Å². The van der Waals surface area contributed by atoms with Gasteiger partial charge in [0.15, 0.2) is 11.5 Å². The summed E-state index contributed by atoms with van der Waals surface area (Å²) in [4.78, 5) is 2.35. The summed E-state index contributed by atoms with van der Waals surface area (Å²) in [7, 11) is 1.65. The molecule has 0 amide bonds. The first-order chi connectivity index (χ1) is 9.85. The van der Waals surface area contributed by atoms with Crippen molar-refractivity contribution in [3.05, 3.63) is 24.3 Å². The summed E-state index contributed by atoms with van der Waals surface area (Å²) < 4.78 is 11.1. The molecule has 0 saturated heterocycles. The molecule has 1 aromatic carbocycles. The summed E-state index contributed by atoms with van der Waals surface area (Å²) in [5, 5.41) is 9.19. The number of methoxy groups -OCH3 is 1. The fraction of sp³-hybridized carbons (Fsp3) is 0.625. The second-order valence-electron chi connectivity index (χ2n) is 5.20. The van der Waals surface area contributed by atoms with Crippen molar-refractivity contribution in [1.29, 1.82) is 0 Å². The monoisotopic (exact) mass is 279 g/mol. The number of rotatable bonds is 8. The molecule has 0 spiro atoms. The molecule has 0 heterocycles. The number of hydrogen-bond donors (Lipinski definition) is 1. The minimum absolute atomic E-state index is 0.213. The molecule has 0 radical (unpaired) electrons. The molecule has 20 heavy (non-hydrogen) atoms. The van der Waals surface area contributed by atoms with E-state index in [0.29, 0.717) is 12.6 Å². The van der Waals surface area contributed by atoms with Gasteiger partial charge in [0.05, 0.1) is 13.7 Å². The van der Waals surface area contributed by atoms with Gasteiger partial charge in [-0.2, -0.15) is 0 Å². The van der Waals surface area contributed by atoms with E-state index in [1.54, 1.807) is 7.11 Å². The summed E-state index contributed by atoms with van der Waals surface area (Å²) in [6, 6.07) is 8.31. The Labute approximate surface area is 121 Å². The lowest BCUT2D eigenvalue weighted by atomic mass is 10.2. The van der Waals surface area contributed by atoms with Crippen LogP contribution >= 0.6 is 0 Å². The average Bonchev–Trinajstić information content (AvgIpc) is 3.01. The maximum absolute atomic E-state index is 9.19. The Balaban J connectivity index is 1.83. The third-order valence-corrected chi connectivity index (χ3v) is 3.93. The molecule has 4 nitrogen and oxygen atoms in total. The van der Waals surface area contributed by atoms with Crippen molar-refractivity contribution in [2.75, 3.05) is 33.4 Å². The molecule has 112 valence electrons. The van der Waals surface area contributed by atoms with Gasteiger partial charge in [0, 0.05) is 19.1 Å². The summed E-state index contributed by atoms with van der Waals surface area (Å²) >= 11 is 0. The second kappa shape index (κ2) is 8.12. The first-order valence-electron chi connectivity index (χ1n) is 7.46. The van der Waals surface area contributed by atoms with E-state index in [0.717, 1.165) is 24.6 Å². The van der Waals surface area contributed by atoms with E-state index in [-0.39, 0.29) is 6.61 Å². The lowest BCUT2D eigenvalue weighted by Gasteiger charge is -2.28. The molecule has 1 fully saturated rings. The van der Waals surface area contributed by atoms with E-state index >= 15 is 0 Å².